The lowest BCUT2D eigenvalue weighted by molar-refractivity contribution is 0.0792. The number of carbonyl (C=O) groups is 2. The van der Waals surface area contributed by atoms with Crippen LogP contribution in [0.3, 0.4) is 0 Å². The Morgan fingerprint density at radius 2 is 1.81 bits per heavy atom. The topological polar surface area (TPSA) is 67.2 Å². The molecule has 0 saturated carbocycles. The minimum Gasteiger partial charge on any atom is -0.348 e. The summed E-state index contributed by atoms with van der Waals surface area (Å²) < 4.78 is 1.78. The SMILES string of the molecule is CC(C)c1c(C(=O)NCc2cccc(C(=O)N3CCCC3)c2)cnn1-c1ccc(Cl)cc1. The Morgan fingerprint density at radius 3 is 2.50 bits per heavy atom. The second-order valence-electron chi connectivity index (χ2n) is 8.37. The standard InChI is InChI=1S/C25H27ClN4O2/c1-17(2)23-22(16-28-30(23)21-10-8-20(26)9-11-21)24(31)27-15-18-6-5-7-19(14-18)25(32)29-12-3-4-13-29/h5-11,14,16-17H,3-4,12-13,15H2,1-2H3,(H,27,31). The first-order chi connectivity index (χ1) is 15.4. The van der Waals surface area contributed by atoms with Gasteiger partial charge < -0.3 is 10.2 Å². The lowest BCUT2D eigenvalue weighted by Crippen LogP contribution is -2.28. The van der Waals surface area contributed by atoms with Crippen molar-refractivity contribution in [2.45, 2.75) is 39.2 Å². The van der Waals surface area contributed by atoms with Gasteiger partial charge in [-0.3, -0.25) is 9.59 Å². The molecule has 1 fully saturated rings. The molecule has 6 nitrogen and oxygen atoms in total. The summed E-state index contributed by atoms with van der Waals surface area (Å²) in [5, 5.41) is 8.09. The van der Waals surface area contributed by atoms with Crippen LogP contribution in [0.1, 0.15) is 64.6 Å². The van der Waals surface area contributed by atoms with E-state index in [1.54, 1.807) is 23.0 Å². The molecule has 1 aliphatic rings. The predicted molar refractivity (Wildman–Crippen MR) is 125 cm³/mol. The van der Waals surface area contributed by atoms with E-state index in [0.29, 0.717) is 22.7 Å². The summed E-state index contributed by atoms with van der Waals surface area (Å²) in [4.78, 5) is 27.6. The van der Waals surface area contributed by atoms with Gasteiger partial charge in [0.05, 0.1) is 23.1 Å². The number of nitrogens with one attached hydrogen (secondary N) is 1. The van der Waals surface area contributed by atoms with Crippen molar-refractivity contribution in [3.8, 4) is 5.69 Å². The highest BCUT2D eigenvalue weighted by Crippen LogP contribution is 2.24. The maximum Gasteiger partial charge on any atom is 0.255 e. The van der Waals surface area contributed by atoms with Gasteiger partial charge in [-0.25, -0.2) is 4.68 Å². The van der Waals surface area contributed by atoms with Crippen molar-refractivity contribution in [2.75, 3.05) is 13.1 Å². The van der Waals surface area contributed by atoms with Gasteiger partial charge in [0.2, 0.25) is 0 Å². The van der Waals surface area contributed by atoms with E-state index in [1.807, 2.05) is 55.1 Å². The molecule has 0 aliphatic carbocycles. The molecule has 0 bridgehead atoms. The summed E-state index contributed by atoms with van der Waals surface area (Å²) in [6.07, 6.45) is 3.72. The smallest absolute Gasteiger partial charge is 0.255 e. The maximum atomic E-state index is 13.0. The molecule has 0 unspecified atom stereocenters. The molecule has 1 aromatic heterocycles. The molecule has 7 heteroatoms. The van der Waals surface area contributed by atoms with Crippen LogP contribution in [0.2, 0.25) is 5.02 Å². The van der Waals surface area contributed by atoms with Crippen molar-refractivity contribution in [1.29, 1.82) is 0 Å². The fourth-order valence-corrected chi connectivity index (χ4v) is 4.20. The molecular weight excluding hydrogens is 424 g/mol. The molecule has 2 amide bonds. The molecule has 4 rings (SSSR count). The van der Waals surface area contributed by atoms with Crippen molar-refractivity contribution >= 4 is 23.4 Å². The van der Waals surface area contributed by atoms with Crippen molar-refractivity contribution in [3.05, 3.63) is 82.1 Å². The summed E-state index contributed by atoms with van der Waals surface area (Å²) in [5.74, 6) is -0.0393. The molecule has 2 aromatic carbocycles. The Hall–Kier alpha value is -3.12. The molecule has 3 aromatic rings. The third-order valence-electron chi connectivity index (χ3n) is 5.69. The van der Waals surface area contributed by atoms with Gasteiger partial charge in [0.15, 0.2) is 0 Å². The highest BCUT2D eigenvalue weighted by molar-refractivity contribution is 6.30. The van der Waals surface area contributed by atoms with E-state index >= 15 is 0 Å². The van der Waals surface area contributed by atoms with E-state index in [2.05, 4.69) is 10.4 Å². The fraction of sp³-hybridized carbons (Fsp3) is 0.320. The first-order valence-electron chi connectivity index (χ1n) is 10.9. The summed E-state index contributed by atoms with van der Waals surface area (Å²) in [5.41, 5.74) is 3.78. The van der Waals surface area contributed by atoms with Crippen LogP contribution in [-0.2, 0) is 6.54 Å². The highest BCUT2D eigenvalue weighted by Gasteiger charge is 2.22. The molecule has 0 spiro atoms. The highest BCUT2D eigenvalue weighted by atomic mass is 35.5. The molecule has 32 heavy (non-hydrogen) atoms. The number of nitrogens with zero attached hydrogens (tertiary/aromatic N) is 3. The fourth-order valence-electron chi connectivity index (χ4n) is 4.07. The molecule has 1 N–H and O–H groups in total. The zero-order chi connectivity index (χ0) is 22.7. The number of rotatable bonds is 6. The predicted octanol–water partition coefficient (Wildman–Crippen LogP) is 4.82. The van der Waals surface area contributed by atoms with E-state index in [1.165, 1.54) is 0 Å². The number of likely N-dealkylation sites (tertiary alicyclic amines) is 1. The monoisotopic (exact) mass is 450 g/mol. The average Bonchev–Trinajstić information content (AvgIpc) is 3.48. The van der Waals surface area contributed by atoms with E-state index < -0.39 is 0 Å². The summed E-state index contributed by atoms with van der Waals surface area (Å²) >= 11 is 6.01. The second kappa shape index (κ2) is 9.57. The van der Waals surface area contributed by atoms with Crippen LogP contribution in [0, 0.1) is 0 Å². The average molecular weight is 451 g/mol. The van der Waals surface area contributed by atoms with E-state index in [9.17, 15) is 9.59 Å². The summed E-state index contributed by atoms with van der Waals surface area (Å²) in [6.45, 7) is 6.04. The van der Waals surface area contributed by atoms with Crippen LogP contribution >= 0.6 is 11.6 Å². The second-order valence-corrected chi connectivity index (χ2v) is 8.81. The van der Waals surface area contributed by atoms with Crippen LogP contribution in [0.5, 0.6) is 0 Å². The van der Waals surface area contributed by atoms with E-state index in [0.717, 1.165) is 42.9 Å². The van der Waals surface area contributed by atoms with Crippen LogP contribution in [-0.4, -0.2) is 39.6 Å². The third kappa shape index (κ3) is 4.70. The number of amides is 2. The first kappa shape index (κ1) is 22.1. The number of carbonyl (C=O) groups excluding carboxylic acids is 2. The van der Waals surface area contributed by atoms with Crippen LogP contribution in [0.15, 0.2) is 54.7 Å². The molecule has 1 aliphatic heterocycles. The number of hydrogen-bond donors (Lipinski definition) is 1. The van der Waals surface area contributed by atoms with Crippen LogP contribution in [0.4, 0.5) is 0 Å². The first-order valence-corrected chi connectivity index (χ1v) is 11.3. The molecule has 0 atom stereocenters. The molecule has 1 saturated heterocycles. The van der Waals surface area contributed by atoms with Gasteiger partial charge in [-0.2, -0.15) is 5.10 Å². The summed E-state index contributed by atoms with van der Waals surface area (Å²) in [7, 11) is 0. The van der Waals surface area contributed by atoms with Crippen LogP contribution < -0.4 is 5.32 Å². The maximum absolute atomic E-state index is 13.0. The minimum absolute atomic E-state index is 0.0574. The number of aromatic nitrogens is 2. The van der Waals surface area contributed by atoms with Gasteiger partial charge in [0.25, 0.3) is 11.8 Å². The van der Waals surface area contributed by atoms with Crippen molar-refractivity contribution in [3.63, 3.8) is 0 Å². The Balaban J connectivity index is 1.49. The quantitative estimate of drug-likeness (QED) is 0.585. The van der Waals surface area contributed by atoms with Crippen molar-refractivity contribution in [2.24, 2.45) is 0 Å². The van der Waals surface area contributed by atoms with Gasteiger partial charge in [-0.05, 0) is 60.7 Å². The molecule has 2 heterocycles. The van der Waals surface area contributed by atoms with Gasteiger partial charge >= 0.3 is 0 Å². The zero-order valence-electron chi connectivity index (χ0n) is 18.3. The Kier molecular flexibility index (Phi) is 6.61. The largest absolute Gasteiger partial charge is 0.348 e. The van der Waals surface area contributed by atoms with Crippen LogP contribution in [0.25, 0.3) is 5.69 Å². The molecule has 166 valence electrons. The Bertz CT molecular complexity index is 1120. The number of halogens is 1. The lowest BCUT2D eigenvalue weighted by Gasteiger charge is -2.16. The normalized spacial score (nSPS) is 13.6. The van der Waals surface area contributed by atoms with Gasteiger partial charge in [-0.1, -0.05) is 37.6 Å². The van der Waals surface area contributed by atoms with Crippen molar-refractivity contribution < 1.29 is 9.59 Å². The summed E-state index contributed by atoms with van der Waals surface area (Å²) in [6, 6.07) is 14.8. The van der Waals surface area contributed by atoms with E-state index in [4.69, 9.17) is 11.6 Å². The molecular formula is C25H27ClN4O2. The number of hydrogen-bond acceptors (Lipinski definition) is 3. The van der Waals surface area contributed by atoms with Gasteiger partial charge in [0, 0.05) is 30.2 Å². The Labute approximate surface area is 193 Å². The zero-order valence-corrected chi connectivity index (χ0v) is 19.1. The number of benzene rings is 2. The molecule has 0 radical (unpaired) electrons. The lowest BCUT2D eigenvalue weighted by atomic mass is 10.0. The van der Waals surface area contributed by atoms with Gasteiger partial charge in [-0.15, -0.1) is 0 Å². The van der Waals surface area contributed by atoms with E-state index in [-0.39, 0.29) is 17.7 Å². The van der Waals surface area contributed by atoms with Gasteiger partial charge in [0.1, 0.15) is 0 Å². The minimum atomic E-state index is -0.190. The van der Waals surface area contributed by atoms with Crippen molar-refractivity contribution in [1.82, 2.24) is 20.0 Å². The third-order valence-corrected chi connectivity index (χ3v) is 5.94. The Morgan fingerprint density at radius 1 is 1.09 bits per heavy atom.